The third kappa shape index (κ3) is 3.98. The number of thiazole rings is 1. The zero-order chi connectivity index (χ0) is 20.4. The molecule has 142 valence electrons. The summed E-state index contributed by atoms with van der Waals surface area (Å²) in [7, 11) is 0. The molecule has 0 saturated heterocycles. The summed E-state index contributed by atoms with van der Waals surface area (Å²) < 4.78 is 5.78. The smallest absolute Gasteiger partial charge is 0.270 e. The van der Waals surface area contributed by atoms with E-state index in [2.05, 4.69) is 11.1 Å². The highest BCUT2D eigenvalue weighted by atomic mass is 35.5. The highest BCUT2D eigenvalue weighted by Gasteiger charge is 2.14. The number of nitriles is 1. The van der Waals surface area contributed by atoms with Crippen LogP contribution in [-0.2, 0) is 0 Å². The van der Waals surface area contributed by atoms with Crippen LogP contribution in [0.5, 0.6) is 0 Å². The molecule has 0 bridgehead atoms. The molecule has 0 atom stereocenters. The van der Waals surface area contributed by atoms with Crippen molar-refractivity contribution in [3.05, 3.63) is 79.1 Å². The van der Waals surface area contributed by atoms with E-state index in [0.717, 1.165) is 10.6 Å². The predicted molar refractivity (Wildman–Crippen MR) is 115 cm³/mol. The first-order valence-corrected chi connectivity index (χ1v) is 10.3. The van der Waals surface area contributed by atoms with Crippen molar-refractivity contribution in [2.24, 2.45) is 0 Å². The van der Waals surface area contributed by atoms with Gasteiger partial charge in [0.2, 0.25) is 0 Å². The van der Waals surface area contributed by atoms with Crippen LogP contribution in [0.15, 0.2) is 57.6 Å². The van der Waals surface area contributed by atoms with Crippen molar-refractivity contribution >= 4 is 51.6 Å². The third-order valence-electron chi connectivity index (χ3n) is 3.97. The minimum absolute atomic E-state index is 0.0949. The monoisotopic (exact) mass is 439 g/mol. The first kappa shape index (κ1) is 19.1. The Hall–Kier alpha value is -3.25. The maximum Gasteiger partial charge on any atom is 0.270 e. The molecule has 29 heavy (non-hydrogen) atoms. The number of nitrogens with zero attached hydrogens (tertiary/aromatic N) is 3. The lowest BCUT2D eigenvalue weighted by molar-refractivity contribution is -0.384. The molecule has 9 heteroatoms. The van der Waals surface area contributed by atoms with Gasteiger partial charge in [0.25, 0.3) is 5.69 Å². The number of furan rings is 1. The lowest BCUT2D eigenvalue weighted by atomic mass is 10.1. The number of rotatable bonds is 5. The van der Waals surface area contributed by atoms with Gasteiger partial charge in [0.1, 0.15) is 22.6 Å². The Labute approximate surface area is 178 Å². The van der Waals surface area contributed by atoms with E-state index in [1.54, 1.807) is 29.5 Å². The Morgan fingerprint density at radius 3 is 2.83 bits per heavy atom. The van der Waals surface area contributed by atoms with Crippen LogP contribution in [0.2, 0.25) is 5.02 Å². The van der Waals surface area contributed by atoms with Crippen LogP contribution in [0.25, 0.3) is 33.5 Å². The van der Waals surface area contributed by atoms with Crippen molar-refractivity contribution in [3.8, 4) is 28.0 Å². The molecule has 0 aliphatic rings. The van der Waals surface area contributed by atoms with Gasteiger partial charge < -0.3 is 4.42 Å². The van der Waals surface area contributed by atoms with Gasteiger partial charge in [-0.05, 0) is 29.6 Å². The molecule has 3 heterocycles. The Morgan fingerprint density at radius 2 is 2.14 bits per heavy atom. The van der Waals surface area contributed by atoms with Gasteiger partial charge >= 0.3 is 0 Å². The predicted octanol–water partition coefficient (Wildman–Crippen LogP) is 6.76. The molecule has 0 radical (unpaired) electrons. The molecular formula is C20H10ClN3O3S2. The molecule has 0 aliphatic heterocycles. The molecule has 0 unspecified atom stereocenters. The van der Waals surface area contributed by atoms with Crippen molar-refractivity contribution in [1.29, 1.82) is 5.26 Å². The maximum atomic E-state index is 10.9. The lowest BCUT2D eigenvalue weighted by Gasteiger charge is -2.00. The summed E-state index contributed by atoms with van der Waals surface area (Å²) in [5, 5.41) is 25.1. The quantitative estimate of drug-likeness (QED) is 0.194. The summed E-state index contributed by atoms with van der Waals surface area (Å²) in [6, 6.07) is 13.7. The number of hydrogen-bond donors (Lipinski definition) is 0. The summed E-state index contributed by atoms with van der Waals surface area (Å²) in [6.07, 6.45) is 1.61. The second-order valence-corrected chi connectivity index (χ2v) is 8.02. The van der Waals surface area contributed by atoms with Crippen LogP contribution in [0.3, 0.4) is 0 Å². The average Bonchev–Trinajstić information content (AvgIpc) is 3.46. The van der Waals surface area contributed by atoms with Crippen molar-refractivity contribution in [2.45, 2.75) is 0 Å². The molecule has 4 aromatic rings. The molecule has 0 aliphatic carbocycles. The number of hydrogen-bond acceptors (Lipinski definition) is 7. The van der Waals surface area contributed by atoms with Crippen LogP contribution in [0, 0.1) is 21.4 Å². The molecule has 0 amide bonds. The number of thiophene rings is 1. The molecule has 4 rings (SSSR count). The Morgan fingerprint density at radius 1 is 1.28 bits per heavy atom. The normalized spacial score (nSPS) is 11.4. The molecule has 0 saturated carbocycles. The summed E-state index contributed by atoms with van der Waals surface area (Å²) in [5.74, 6) is 0.908. The average molecular weight is 440 g/mol. The first-order chi connectivity index (χ1) is 14.0. The van der Waals surface area contributed by atoms with Gasteiger partial charge in [0.15, 0.2) is 0 Å². The van der Waals surface area contributed by atoms with Gasteiger partial charge in [-0.25, -0.2) is 4.98 Å². The highest BCUT2D eigenvalue weighted by Crippen LogP contribution is 2.34. The minimum Gasteiger partial charge on any atom is -0.457 e. The summed E-state index contributed by atoms with van der Waals surface area (Å²) in [6.45, 7) is 0. The van der Waals surface area contributed by atoms with E-state index < -0.39 is 4.92 Å². The molecule has 3 aromatic heterocycles. The lowest BCUT2D eigenvalue weighted by Crippen LogP contribution is -1.88. The summed E-state index contributed by atoms with van der Waals surface area (Å²) >= 11 is 9.13. The van der Waals surface area contributed by atoms with Crippen LogP contribution >= 0.6 is 34.3 Å². The number of non-ortho nitro benzene ring substituents is 1. The van der Waals surface area contributed by atoms with Crippen molar-refractivity contribution in [3.63, 3.8) is 0 Å². The van der Waals surface area contributed by atoms with Gasteiger partial charge in [0, 0.05) is 29.2 Å². The van der Waals surface area contributed by atoms with Crippen LogP contribution in [0.1, 0.15) is 10.8 Å². The molecule has 6 nitrogen and oxygen atoms in total. The first-order valence-electron chi connectivity index (χ1n) is 8.21. The van der Waals surface area contributed by atoms with Crippen LogP contribution in [0.4, 0.5) is 5.69 Å². The van der Waals surface area contributed by atoms with Gasteiger partial charge in [-0.3, -0.25) is 10.1 Å². The Bertz CT molecular complexity index is 1270. The largest absolute Gasteiger partial charge is 0.457 e. The molecule has 1 aromatic carbocycles. The van der Waals surface area contributed by atoms with E-state index >= 15 is 0 Å². The second kappa shape index (κ2) is 8.01. The minimum atomic E-state index is -0.510. The second-order valence-electron chi connectivity index (χ2n) is 5.81. The Balaban J connectivity index is 1.63. The summed E-state index contributed by atoms with van der Waals surface area (Å²) in [4.78, 5) is 15.9. The van der Waals surface area contributed by atoms with Gasteiger partial charge in [-0.15, -0.1) is 22.7 Å². The van der Waals surface area contributed by atoms with E-state index in [9.17, 15) is 15.4 Å². The number of benzene rings is 1. The fraction of sp³-hybridized carbons (Fsp3) is 0. The molecular weight excluding hydrogens is 430 g/mol. The number of nitro groups is 1. The fourth-order valence-corrected chi connectivity index (χ4v) is 4.43. The number of halogens is 1. The summed E-state index contributed by atoms with van der Waals surface area (Å²) in [5.41, 5.74) is 1.65. The van der Waals surface area contributed by atoms with E-state index in [1.165, 1.54) is 29.5 Å². The Kier molecular flexibility index (Phi) is 5.27. The van der Waals surface area contributed by atoms with Crippen LogP contribution in [-0.4, -0.2) is 9.91 Å². The zero-order valence-electron chi connectivity index (χ0n) is 14.5. The zero-order valence-corrected chi connectivity index (χ0v) is 16.9. The van der Waals surface area contributed by atoms with E-state index in [1.807, 2.05) is 22.9 Å². The third-order valence-corrected chi connectivity index (χ3v) is 6.05. The number of allylic oxidation sites excluding steroid dienone is 1. The number of nitro benzene ring substituents is 1. The molecule has 0 N–H and O–H groups in total. The SMILES string of the molecule is N#C/C(=C\c1ccc(-c2ccc([N+](=O)[O-])cc2Cl)o1)c1nc(-c2cccs2)cs1. The van der Waals surface area contributed by atoms with Crippen LogP contribution < -0.4 is 0 Å². The van der Waals surface area contributed by atoms with Gasteiger partial charge in [-0.2, -0.15) is 5.26 Å². The van der Waals surface area contributed by atoms with E-state index in [4.69, 9.17) is 16.0 Å². The van der Waals surface area contributed by atoms with Gasteiger partial charge in [-0.1, -0.05) is 17.7 Å². The van der Waals surface area contributed by atoms with Crippen molar-refractivity contribution in [1.82, 2.24) is 4.98 Å². The molecule has 0 spiro atoms. The fourth-order valence-electron chi connectivity index (χ4n) is 2.61. The standard InChI is InChI=1S/C20H10ClN3O3S2/c21-16-9-13(24(25)26)3-5-15(16)18-6-4-14(27-18)8-12(10-22)20-23-17(11-29-20)19-2-1-7-28-19/h1-9,11H/b12-8+. The highest BCUT2D eigenvalue weighted by molar-refractivity contribution is 7.14. The molecule has 0 fully saturated rings. The maximum absolute atomic E-state index is 10.9. The topological polar surface area (TPSA) is 93.0 Å². The van der Waals surface area contributed by atoms with Crippen molar-refractivity contribution < 1.29 is 9.34 Å². The van der Waals surface area contributed by atoms with E-state index in [-0.39, 0.29) is 10.7 Å². The number of aromatic nitrogens is 1. The van der Waals surface area contributed by atoms with E-state index in [0.29, 0.717) is 27.7 Å². The van der Waals surface area contributed by atoms with Crippen molar-refractivity contribution in [2.75, 3.05) is 0 Å². The van der Waals surface area contributed by atoms with Gasteiger partial charge in [0.05, 0.1) is 26.1 Å².